The molecule has 0 bridgehead atoms. The van der Waals surface area contributed by atoms with Crippen molar-refractivity contribution in [1.82, 2.24) is 19.5 Å². The van der Waals surface area contributed by atoms with E-state index in [0.717, 1.165) is 16.4 Å². The third-order valence-corrected chi connectivity index (χ3v) is 4.33. The zero-order chi connectivity index (χ0) is 16.9. The summed E-state index contributed by atoms with van der Waals surface area (Å²) in [5.74, 6) is 0.484. The molecule has 0 saturated heterocycles. The maximum absolute atomic E-state index is 11.8. The molecule has 0 fully saturated rings. The fraction of sp³-hybridized carbons (Fsp3) is 0.176. The van der Waals surface area contributed by atoms with Gasteiger partial charge in [-0.25, -0.2) is 19.7 Å². The van der Waals surface area contributed by atoms with E-state index in [1.807, 2.05) is 42.0 Å². The molecular formula is C17H16N4O2S. The van der Waals surface area contributed by atoms with Crippen molar-refractivity contribution in [2.24, 2.45) is 0 Å². The average molecular weight is 340 g/mol. The summed E-state index contributed by atoms with van der Waals surface area (Å²) in [6.45, 7) is 3.95. The Morgan fingerprint density at radius 1 is 1.38 bits per heavy atom. The molecule has 7 heteroatoms. The Morgan fingerprint density at radius 2 is 2.25 bits per heavy atom. The number of pyridine rings is 1. The highest BCUT2D eigenvalue weighted by atomic mass is 32.1. The quantitative estimate of drug-likeness (QED) is 0.666. The van der Waals surface area contributed by atoms with E-state index in [0.29, 0.717) is 17.2 Å². The lowest BCUT2D eigenvalue weighted by Crippen LogP contribution is -2.03. The van der Waals surface area contributed by atoms with Crippen molar-refractivity contribution in [3.8, 4) is 5.82 Å². The van der Waals surface area contributed by atoms with E-state index in [9.17, 15) is 4.79 Å². The zero-order valence-electron chi connectivity index (χ0n) is 13.3. The molecule has 0 N–H and O–H groups in total. The van der Waals surface area contributed by atoms with E-state index < -0.39 is 0 Å². The molecule has 3 heterocycles. The third-order valence-electron chi connectivity index (χ3n) is 3.23. The monoisotopic (exact) mass is 340 g/mol. The third kappa shape index (κ3) is 3.57. The highest BCUT2D eigenvalue weighted by molar-refractivity contribution is 7.14. The van der Waals surface area contributed by atoms with Gasteiger partial charge >= 0.3 is 5.97 Å². The molecule has 0 saturated carbocycles. The second kappa shape index (κ2) is 7.18. The van der Waals surface area contributed by atoms with Crippen molar-refractivity contribution >= 4 is 29.5 Å². The summed E-state index contributed by atoms with van der Waals surface area (Å²) in [5, 5.41) is 0.759. The van der Waals surface area contributed by atoms with E-state index in [1.54, 1.807) is 25.6 Å². The number of carbonyl (C=O) groups excluding carboxylic acids is 1. The van der Waals surface area contributed by atoms with E-state index in [1.165, 1.54) is 11.3 Å². The SMILES string of the molecule is CCOC(=O)c1sc(/C=C/c2ccc(-n3ccnc3)nc2)nc1C. The van der Waals surface area contributed by atoms with Gasteiger partial charge in [0.15, 0.2) is 0 Å². The summed E-state index contributed by atoms with van der Waals surface area (Å²) in [4.78, 5) is 25.1. The van der Waals surface area contributed by atoms with Gasteiger partial charge in [0, 0.05) is 18.6 Å². The molecule has 6 nitrogen and oxygen atoms in total. The molecular weight excluding hydrogens is 324 g/mol. The van der Waals surface area contributed by atoms with Gasteiger partial charge < -0.3 is 4.74 Å². The topological polar surface area (TPSA) is 69.9 Å². The van der Waals surface area contributed by atoms with Crippen LogP contribution in [0.15, 0.2) is 37.1 Å². The van der Waals surface area contributed by atoms with Crippen LogP contribution in [0.4, 0.5) is 0 Å². The molecule has 0 aromatic carbocycles. The standard InChI is InChI=1S/C17H16N4O2S/c1-3-23-17(22)16-12(2)20-15(24-16)7-5-13-4-6-14(19-10-13)21-9-8-18-11-21/h4-11H,3H2,1-2H3/b7-5+. The Hall–Kier alpha value is -2.80. The lowest BCUT2D eigenvalue weighted by molar-refractivity contribution is 0.0531. The Bertz CT molecular complexity index is 851. The second-order valence-corrected chi connectivity index (χ2v) is 5.97. The highest BCUT2D eigenvalue weighted by Gasteiger charge is 2.14. The first-order valence-corrected chi connectivity index (χ1v) is 8.26. The molecule has 24 heavy (non-hydrogen) atoms. The Balaban J connectivity index is 1.74. The molecule has 0 aliphatic heterocycles. The smallest absolute Gasteiger partial charge is 0.350 e. The van der Waals surface area contributed by atoms with Crippen molar-refractivity contribution in [1.29, 1.82) is 0 Å². The fourth-order valence-electron chi connectivity index (χ4n) is 2.09. The van der Waals surface area contributed by atoms with Gasteiger partial charge in [0.25, 0.3) is 0 Å². The van der Waals surface area contributed by atoms with Gasteiger partial charge in [-0.3, -0.25) is 4.57 Å². The van der Waals surface area contributed by atoms with Gasteiger partial charge in [-0.1, -0.05) is 6.08 Å². The molecule has 3 aromatic heterocycles. The predicted octanol–water partition coefficient (Wildman–Crippen LogP) is 3.38. The molecule has 0 aliphatic carbocycles. The number of esters is 1. The summed E-state index contributed by atoms with van der Waals surface area (Å²) in [6.07, 6.45) is 10.8. The van der Waals surface area contributed by atoms with Crippen LogP contribution in [-0.4, -0.2) is 32.1 Å². The number of thiazole rings is 1. The normalized spacial score (nSPS) is 11.1. The lowest BCUT2D eigenvalue weighted by atomic mass is 10.2. The van der Waals surface area contributed by atoms with Gasteiger partial charge in [0.05, 0.1) is 12.3 Å². The minimum absolute atomic E-state index is 0.321. The summed E-state index contributed by atoms with van der Waals surface area (Å²) in [7, 11) is 0. The van der Waals surface area contributed by atoms with Gasteiger partial charge in [-0.05, 0) is 37.6 Å². The molecule has 0 unspecified atom stereocenters. The molecule has 3 aromatic rings. The van der Waals surface area contributed by atoms with Crippen LogP contribution in [0.25, 0.3) is 18.0 Å². The molecule has 3 rings (SSSR count). The second-order valence-electron chi connectivity index (χ2n) is 4.94. The number of carbonyl (C=O) groups is 1. The fourth-order valence-corrected chi connectivity index (χ4v) is 2.95. The molecule has 122 valence electrons. The first kappa shape index (κ1) is 16.1. The van der Waals surface area contributed by atoms with Crippen LogP contribution in [-0.2, 0) is 4.74 Å². The minimum atomic E-state index is -0.321. The Morgan fingerprint density at radius 3 is 2.92 bits per heavy atom. The number of ether oxygens (including phenoxy) is 1. The van der Waals surface area contributed by atoms with Gasteiger partial charge in [-0.2, -0.15) is 0 Å². The van der Waals surface area contributed by atoms with E-state index >= 15 is 0 Å². The predicted molar refractivity (Wildman–Crippen MR) is 93.1 cm³/mol. The molecule has 0 aliphatic rings. The first-order valence-electron chi connectivity index (χ1n) is 7.44. The van der Waals surface area contributed by atoms with E-state index in [-0.39, 0.29) is 5.97 Å². The molecule has 0 amide bonds. The lowest BCUT2D eigenvalue weighted by Gasteiger charge is -2.00. The molecule has 0 spiro atoms. The molecule has 0 atom stereocenters. The van der Waals surface area contributed by atoms with Crippen LogP contribution in [0.1, 0.15) is 32.9 Å². The molecule has 0 radical (unpaired) electrons. The number of aromatic nitrogens is 4. The Labute approximate surface area is 143 Å². The van der Waals surface area contributed by atoms with Crippen molar-refractivity contribution in [2.45, 2.75) is 13.8 Å². The van der Waals surface area contributed by atoms with Crippen LogP contribution in [0.3, 0.4) is 0 Å². The van der Waals surface area contributed by atoms with Crippen LogP contribution in [0, 0.1) is 6.92 Å². The maximum atomic E-state index is 11.8. The highest BCUT2D eigenvalue weighted by Crippen LogP contribution is 2.21. The van der Waals surface area contributed by atoms with Gasteiger partial charge in [0.1, 0.15) is 22.0 Å². The number of nitrogens with zero attached hydrogens (tertiary/aromatic N) is 4. The largest absolute Gasteiger partial charge is 0.462 e. The van der Waals surface area contributed by atoms with Crippen molar-refractivity contribution in [3.63, 3.8) is 0 Å². The van der Waals surface area contributed by atoms with Crippen molar-refractivity contribution < 1.29 is 9.53 Å². The van der Waals surface area contributed by atoms with Crippen LogP contribution in [0.5, 0.6) is 0 Å². The van der Waals surface area contributed by atoms with E-state index in [2.05, 4.69) is 15.0 Å². The minimum Gasteiger partial charge on any atom is -0.462 e. The number of hydrogen-bond donors (Lipinski definition) is 0. The summed E-state index contributed by atoms with van der Waals surface area (Å²) >= 11 is 1.32. The number of aryl methyl sites for hydroxylation is 1. The van der Waals surface area contributed by atoms with Crippen molar-refractivity contribution in [2.75, 3.05) is 6.61 Å². The number of rotatable bonds is 5. The number of hydrogen-bond acceptors (Lipinski definition) is 6. The van der Waals surface area contributed by atoms with Crippen molar-refractivity contribution in [3.05, 3.63) is 58.2 Å². The maximum Gasteiger partial charge on any atom is 0.350 e. The van der Waals surface area contributed by atoms with Crippen LogP contribution >= 0.6 is 11.3 Å². The summed E-state index contributed by atoms with van der Waals surface area (Å²) < 4.78 is 6.86. The van der Waals surface area contributed by atoms with Crippen LogP contribution < -0.4 is 0 Å². The van der Waals surface area contributed by atoms with Crippen LogP contribution in [0.2, 0.25) is 0 Å². The summed E-state index contributed by atoms with van der Waals surface area (Å²) in [5.41, 5.74) is 1.64. The number of imidazole rings is 1. The Kier molecular flexibility index (Phi) is 4.81. The van der Waals surface area contributed by atoms with E-state index in [4.69, 9.17) is 4.74 Å². The summed E-state index contributed by atoms with van der Waals surface area (Å²) in [6, 6.07) is 3.88. The first-order chi connectivity index (χ1) is 11.7. The van der Waals surface area contributed by atoms with Gasteiger partial charge in [0.2, 0.25) is 0 Å². The van der Waals surface area contributed by atoms with Gasteiger partial charge in [-0.15, -0.1) is 11.3 Å². The zero-order valence-corrected chi connectivity index (χ0v) is 14.2. The average Bonchev–Trinajstić information content (AvgIpc) is 3.23.